The largest absolute Gasteiger partial charge is 0.398 e. The highest BCUT2D eigenvalue weighted by molar-refractivity contribution is 14.1. The first-order valence-corrected chi connectivity index (χ1v) is 6.48. The van der Waals surface area contributed by atoms with E-state index < -0.39 is 0 Å². The summed E-state index contributed by atoms with van der Waals surface area (Å²) in [6.45, 7) is 0. The molecule has 92 valence electrons. The number of rotatable bonds is 5. The zero-order chi connectivity index (χ0) is 12.8. The van der Waals surface area contributed by atoms with Crippen LogP contribution in [0, 0.1) is 0 Å². The molecule has 1 heterocycles. The van der Waals surface area contributed by atoms with Crippen LogP contribution >= 0.6 is 33.9 Å². The van der Waals surface area contributed by atoms with Gasteiger partial charge in [-0.2, -0.15) is 0 Å². The zero-order valence-electron chi connectivity index (χ0n) is 9.55. The van der Waals surface area contributed by atoms with Gasteiger partial charge in [0.15, 0.2) is 5.71 Å². The summed E-state index contributed by atoms with van der Waals surface area (Å²) < 4.78 is -0.224. The molecule has 0 aromatic carbocycles. The van der Waals surface area contributed by atoms with Crippen LogP contribution in [-0.2, 0) is 9.63 Å². The molecule has 0 amide bonds. The van der Waals surface area contributed by atoms with Gasteiger partial charge < -0.3 is 9.74 Å². The number of thiazole rings is 1. The molecule has 8 heteroatoms. The second-order valence-corrected chi connectivity index (χ2v) is 4.94. The second-order valence-electron chi connectivity index (χ2n) is 3.12. The Kier molecular flexibility index (Phi) is 5.48. The summed E-state index contributed by atoms with van der Waals surface area (Å²) >= 11 is 2.98. The van der Waals surface area contributed by atoms with Crippen molar-refractivity contribution < 1.29 is 9.63 Å². The van der Waals surface area contributed by atoms with Crippen LogP contribution in [-0.4, -0.2) is 46.9 Å². The summed E-state index contributed by atoms with van der Waals surface area (Å²) in [4.78, 5) is 26.0. The average molecular weight is 366 g/mol. The Morgan fingerprint density at radius 3 is 2.88 bits per heavy atom. The number of halogens is 1. The van der Waals surface area contributed by atoms with Crippen LogP contribution in [0.25, 0.3) is 0 Å². The Balaban J connectivity index is 2.93. The first-order valence-electron chi connectivity index (χ1n) is 4.52. The molecule has 1 aromatic rings. The van der Waals surface area contributed by atoms with Crippen molar-refractivity contribution in [2.45, 2.75) is 0 Å². The Morgan fingerprint density at radius 2 is 2.35 bits per heavy atom. The van der Waals surface area contributed by atoms with Crippen LogP contribution < -0.4 is 0 Å². The van der Waals surface area contributed by atoms with Crippen LogP contribution in [0.15, 0.2) is 15.5 Å². The minimum Gasteiger partial charge on any atom is -0.398 e. The third-order valence-corrected chi connectivity index (χ3v) is 2.76. The topological polar surface area (TPSA) is 67.2 Å². The van der Waals surface area contributed by atoms with Crippen molar-refractivity contribution in [1.29, 1.82) is 0 Å². The predicted molar refractivity (Wildman–Crippen MR) is 76.5 cm³/mol. The fourth-order valence-corrected chi connectivity index (χ4v) is 1.89. The Labute approximate surface area is 117 Å². The van der Waals surface area contributed by atoms with Crippen molar-refractivity contribution >= 4 is 54.9 Å². The van der Waals surface area contributed by atoms with Crippen LogP contribution in [0.4, 0.5) is 5.13 Å². The van der Waals surface area contributed by atoms with Crippen LogP contribution in [0.2, 0.25) is 0 Å². The number of hydrogen-bond donors (Lipinski definition) is 0. The van der Waals surface area contributed by atoms with Gasteiger partial charge in [-0.05, 0) is 0 Å². The fraction of sp³-hybridized carbons (Fsp3) is 0.333. The molecule has 0 unspecified atom stereocenters. The molecule has 0 aliphatic rings. The molecule has 0 atom stereocenters. The van der Waals surface area contributed by atoms with Crippen molar-refractivity contribution in [2.75, 3.05) is 21.2 Å². The summed E-state index contributed by atoms with van der Waals surface area (Å²) in [5.41, 5.74) is 0.665. The van der Waals surface area contributed by atoms with Crippen LogP contribution in [0.5, 0.6) is 0 Å². The molecule has 0 radical (unpaired) electrons. The van der Waals surface area contributed by atoms with E-state index in [1.807, 2.05) is 14.1 Å². The lowest BCUT2D eigenvalue weighted by atomic mass is 10.3. The van der Waals surface area contributed by atoms with Crippen LogP contribution in [0.3, 0.4) is 0 Å². The van der Waals surface area contributed by atoms with Gasteiger partial charge in [-0.15, -0.1) is 11.3 Å². The van der Waals surface area contributed by atoms with Gasteiger partial charge in [0, 0.05) is 42.1 Å². The van der Waals surface area contributed by atoms with Gasteiger partial charge in [-0.3, -0.25) is 4.79 Å². The lowest BCUT2D eigenvalue weighted by Crippen LogP contribution is -2.09. The summed E-state index contributed by atoms with van der Waals surface area (Å²) in [7, 11) is 5.12. The van der Waals surface area contributed by atoms with Crippen molar-refractivity contribution in [1.82, 2.24) is 9.88 Å². The molecule has 17 heavy (non-hydrogen) atoms. The van der Waals surface area contributed by atoms with E-state index in [1.165, 1.54) is 18.4 Å². The van der Waals surface area contributed by atoms with Gasteiger partial charge >= 0.3 is 0 Å². The van der Waals surface area contributed by atoms with Gasteiger partial charge in [0.2, 0.25) is 8.92 Å². The molecule has 0 fully saturated rings. The SMILES string of the molecule is CON=C(C(=O)I)c1csc(N=CN(C)C)n1. The quantitative estimate of drug-likeness (QED) is 0.262. The third-order valence-electron chi connectivity index (χ3n) is 1.50. The maximum Gasteiger partial charge on any atom is 0.246 e. The lowest BCUT2D eigenvalue weighted by Gasteiger charge is -1.99. The normalized spacial score (nSPS) is 11.9. The van der Waals surface area contributed by atoms with Gasteiger partial charge in [0.25, 0.3) is 0 Å². The third kappa shape index (κ3) is 4.38. The predicted octanol–water partition coefficient (Wildman–Crippen LogP) is 1.68. The fourth-order valence-electron chi connectivity index (χ4n) is 0.872. The molecule has 6 nitrogen and oxygen atoms in total. The number of oxime groups is 1. The van der Waals surface area contributed by atoms with Gasteiger partial charge in [0.1, 0.15) is 12.8 Å². The molecular formula is C9H11IN4O2S. The maximum atomic E-state index is 11.3. The average Bonchev–Trinajstić information content (AvgIpc) is 2.71. The van der Waals surface area contributed by atoms with Crippen molar-refractivity contribution in [3.05, 3.63) is 11.1 Å². The van der Waals surface area contributed by atoms with E-state index in [4.69, 9.17) is 0 Å². The number of carbonyl (C=O) groups excluding carboxylic acids is 1. The molecule has 0 aliphatic heterocycles. The minimum atomic E-state index is -0.224. The molecule has 0 bridgehead atoms. The van der Waals surface area contributed by atoms with E-state index in [2.05, 4.69) is 20.0 Å². The number of nitrogens with zero attached hydrogens (tertiary/aromatic N) is 4. The first kappa shape index (κ1) is 14.0. The van der Waals surface area contributed by atoms with E-state index in [0.29, 0.717) is 10.8 Å². The van der Waals surface area contributed by atoms with E-state index in [1.54, 1.807) is 39.2 Å². The highest BCUT2D eigenvalue weighted by atomic mass is 127. The Morgan fingerprint density at radius 1 is 1.65 bits per heavy atom. The smallest absolute Gasteiger partial charge is 0.246 e. The van der Waals surface area contributed by atoms with E-state index in [-0.39, 0.29) is 9.50 Å². The maximum absolute atomic E-state index is 11.3. The van der Waals surface area contributed by atoms with Crippen LogP contribution in [0.1, 0.15) is 5.69 Å². The Hall–Kier alpha value is -1.03. The van der Waals surface area contributed by atoms with Crippen molar-refractivity contribution in [2.24, 2.45) is 10.1 Å². The summed E-state index contributed by atoms with van der Waals surface area (Å²) in [6, 6.07) is 0. The summed E-state index contributed by atoms with van der Waals surface area (Å²) in [6.07, 6.45) is 1.64. The number of aliphatic imine (C=N–C) groups is 1. The molecule has 0 saturated carbocycles. The summed E-state index contributed by atoms with van der Waals surface area (Å²) in [5, 5.41) is 5.93. The van der Waals surface area contributed by atoms with Gasteiger partial charge in [-0.1, -0.05) is 5.16 Å². The van der Waals surface area contributed by atoms with Gasteiger partial charge in [-0.25, -0.2) is 9.98 Å². The number of aromatic nitrogens is 1. The standard InChI is InChI=1S/C9H11IN4O2S/c1-14(2)5-11-9-12-6(4-17-9)7(8(10)15)13-16-3/h4-5H,1-3H3. The molecule has 0 saturated heterocycles. The highest BCUT2D eigenvalue weighted by Gasteiger charge is 2.15. The van der Waals surface area contributed by atoms with Gasteiger partial charge in [0.05, 0.1) is 6.34 Å². The number of hydrogen-bond acceptors (Lipinski definition) is 6. The monoisotopic (exact) mass is 366 g/mol. The highest BCUT2D eigenvalue weighted by Crippen LogP contribution is 2.19. The second kappa shape index (κ2) is 6.64. The molecule has 0 N–H and O–H groups in total. The van der Waals surface area contributed by atoms with E-state index >= 15 is 0 Å². The molecule has 1 aromatic heterocycles. The number of carbonyl (C=O) groups is 1. The first-order chi connectivity index (χ1) is 8.04. The van der Waals surface area contributed by atoms with Crippen molar-refractivity contribution in [3.8, 4) is 0 Å². The Bertz CT molecular complexity index is 456. The minimum absolute atomic E-state index is 0.190. The lowest BCUT2D eigenvalue weighted by molar-refractivity contribution is -0.104. The summed E-state index contributed by atoms with van der Waals surface area (Å²) in [5.74, 6) is 0. The molecule has 0 spiro atoms. The zero-order valence-corrected chi connectivity index (χ0v) is 12.5. The van der Waals surface area contributed by atoms with Crippen molar-refractivity contribution in [3.63, 3.8) is 0 Å². The van der Waals surface area contributed by atoms with E-state index in [0.717, 1.165) is 0 Å². The molecule has 0 aliphatic carbocycles. The van der Waals surface area contributed by atoms with E-state index in [9.17, 15) is 4.79 Å². The molecular weight excluding hydrogens is 355 g/mol. The molecule has 1 rings (SSSR count).